The van der Waals surface area contributed by atoms with Crippen LogP contribution in [0.15, 0.2) is 42.2 Å². The average Bonchev–Trinajstić information content (AvgIpc) is 2.76. The maximum Gasteiger partial charge on any atom is 0.104 e. The molecule has 3 nitrogen and oxygen atoms in total. The number of nitrogens with one attached hydrogen (secondary N) is 1. The van der Waals surface area contributed by atoms with Gasteiger partial charge in [0.2, 0.25) is 0 Å². The van der Waals surface area contributed by atoms with Gasteiger partial charge < -0.3 is 14.8 Å². The van der Waals surface area contributed by atoms with E-state index in [1.165, 1.54) is 60.1 Å². The summed E-state index contributed by atoms with van der Waals surface area (Å²) in [5, 5.41) is 3.68. The van der Waals surface area contributed by atoms with Gasteiger partial charge in [-0.05, 0) is 69.2 Å². The molecule has 30 heavy (non-hydrogen) atoms. The van der Waals surface area contributed by atoms with Crippen LogP contribution in [0.2, 0.25) is 0 Å². The summed E-state index contributed by atoms with van der Waals surface area (Å²) < 4.78 is 12.1. The number of anilines is 1. The molecule has 1 unspecified atom stereocenters. The van der Waals surface area contributed by atoms with Crippen molar-refractivity contribution in [2.45, 2.75) is 77.4 Å². The highest BCUT2D eigenvalue weighted by molar-refractivity contribution is 5.87. The second kappa shape index (κ2) is 9.01. The number of hydrogen-bond donors (Lipinski definition) is 1. The van der Waals surface area contributed by atoms with Gasteiger partial charge in [-0.1, -0.05) is 43.6 Å². The molecule has 0 radical (unpaired) electrons. The molecule has 1 fully saturated rings. The lowest BCUT2D eigenvalue weighted by molar-refractivity contribution is 0.0608. The fourth-order valence-corrected chi connectivity index (χ4v) is 5.08. The van der Waals surface area contributed by atoms with E-state index in [-0.39, 0.29) is 11.6 Å². The summed E-state index contributed by atoms with van der Waals surface area (Å²) in [6.07, 6.45) is 15.6. The molecule has 3 heteroatoms. The van der Waals surface area contributed by atoms with Gasteiger partial charge >= 0.3 is 0 Å². The first-order chi connectivity index (χ1) is 14.5. The monoisotopic (exact) mass is 407 g/mol. The Morgan fingerprint density at radius 3 is 2.73 bits per heavy atom. The Morgan fingerprint density at radius 1 is 1.17 bits per heavy atom. The van der Waals surface area contributed by atoms with Crippen LogP contribution in [0.3, 0.4) is 0 Å². The lowest BCUT2D eigenvalue weighted by atomic mass is 9.85. The Labute approximate surface area is 182 Å². The molecule has 1 aromatic carbocycles. The van der Waals surface area contributed by atoms with Crippen molar-refractivity contribution >= 4 is 16.8 Å². The van der Waals surface area contributed by atoms with E-state index in [4.69, 9.17) is 9.47 Å². The maximum absolute atomic E-state index is 6.45. The standard InChI is InChI=1S/C27H37NO2/c1-19(30-18-20-10-6-5-7-11-20)24-17-27(2,3)28-25-15-14-21(16-23(24)25)22-12-8-9-13-26(22)29-4/h8,12,14-17,19-20,28H,5-7,9-11,13,18H2,1-4H3. The number of ether oxygens (including phenoxy) is 2. The van der Waals surface area contributed by atoms with Gasteiger partial charge in [-0.2, -0.15) is 0 Å². The average molecular weight is 408 g/mol. The highest BCUT2D eigenvalue weighted by Gasteiger charge is 2.28. The van der Waals surface area contributed by atoms with Gasteiger partial charge in [-0.3, -0.25) is 0 Å². The predicted molar refractivity (Wildman–Crippen MR) is 126 cm³/mol. The molecule has 1 aliphatic heterocycles. The highest BCUT2D eigenvalue weighted by Crippen LogP contribution is 2.39. The van der Waals surface area contributed by atoms with Crippen LogP contribution in [0.4, 0.5) is 5.69 Å². The Morgan fingerprint density at radius 2 is 1.97 bits per heavy atom. The van der Waals surface area contributed by atoms with E-state index in [1.807, 2.05) is 0 Å². The molecule has 1 atom stereocenters. The Balaban J connectivity index is 1.62. The van der Waals surface area contributed by atoms with Crippen molar-refractivity contribution in [2.75, 3.05) is 19.0 Å². The number of benzene rings is 1. The molecule has 1 aromatic rings. The quantitative estimate of drug-likeness (QED) is 0.552. The van der Waals surface area contributed by atoms with Crippen LogP contribution in [-0.2, 0) is 9.47 Å². The first kappa shape index (κ1) is 21.2. The van der Waals surface area contributed by atoms with Crippen molar-refractivity contribution in [3.05, 3.63) is 53.3 Å². The van der Waals surface area contributed by atoms with Crippen molar-refractivity contribution in [3.63, 3.8) is 0 Å². The third kappa shape index (κ3) is 4.67. The van der Waals surface area contributed by atoms with Crippen molar-refractivity contribution in [1.82, 2.24) is 0 Å². The molecule has 1 heterocycles. The summed E-state index contributed by atoms with van der Waals surface area (Å²) in [5.41, 5.74) is 6.07. The van der Waals surface area contributed by atoms with Crippen molar-refractivity contribution < 1.29 is 9.47 Å². The van der Waals surface area contributed by atoms with Gasteiger partial charge in [0, 0.05) is 23.2 Å². The fraction of sp³-hybridized carbons (Fsp3) is 0.556. The highest BCUT2D eigenvalue weighted by atomic mass is 16.5. The topological polar surface area (TPSA) is 30.5 Å². The first-order valence-electron chi connectivity index (χ1n) is 11.7. The molecule has 0 spiro atoms. The fourth-order valence-electron chi connectivity index (χ4n) is 5.08. The van der Waals surface area contributed by atoms with E-state index in [2.05, 4.69) is 62.5 Å². The third-order valence-corrected chi connectivity index (χ3v) is 6.73. The molecule has 1 N–H and O–H groups in total. The Bertz CT molecular complexity index is 856. The lowest BCUT2D eigenvalue weighted by Crippen LogP contribution is -2.34. The van der Waals surface area contributed by atoms with Crippen LogP contribution < -0.4 is 5.32 Å². The molecule has 162 valence electrons. The first-order valence-corrected chi connectivity index (χ1v) is 11.7. The minimum Gasteiger partial charge on any atom is -0.500 e. The number of fused-ring (bicyclic) bond motifs is 1. The van der Waals surface area contributed by atoms with Crippen LogP contribution in [0, 0.1) is 5.92 Å². The van der Waals surface area contributed by atoms with Gasteiger partial charge in [0.25, 0.3) is 0 Å². The molecule has 3 aliphatic rings. The zero-order valence-electron chi connectivity index (χ0n) is 19.1. The summed E-state index contributed by atoms with van der Waals surface area (Å²) >= 11 is 0. The van der Waals surface area contributed by atoms with Crippen molar-refractivity contribution in [1.29, 1.82) is 0 Å². The summed E-state index contributed by atoms with van der Waals surface area (Å²) in [5.74, 6) is 1.80. The number of hydrogen-bond acceptors (Lipinski definition) is 3. The van der Waals surface area contributed by atoms with Crippen LogP contribution in [-0.4, -0.2) is 25.4 Å². The van der Waals surface area contributed by atoms with Gasteiger partial charge in [0.1, 0.15) is 5.76 Å². The molecular weight excluding hydrogens is 370 g/mol. The molecule has 0 bridgehead atoms. The van der Waals surface area contributed by atoms with E-state index in [1.54, 1.807) is 7.11 Å². The second-order valence-corrected chi connectivity index (χ2v) is 9.67. The molecule has 0 amide bonds. The molecule has 2 aliphatic carbocycles. The molecule has 0 aromatic heterocycles. The summed E-state index contributed by atoms with van der Waals surface area (Å²) in [6, 6.07) is 6.74. The molecule has 0 saturated heterocycles. The molecule has 4 rings (SSSR count). The summed E-state index contributed by atoms with van der Waals surface area (Å²) in [6.45, 7) is 7.55. The van der Waals surface area contributed by atoms with Gasteiger partial charge in [0.15, 0.2) is 0 Å². The third-order valence-electron chi connectivity index (χ3n) is 6.73. The minimum atomic E-state index is -0.0893. The number of allylic oxidation sites excluding steroid dienone is 4. The van der Waals surface area contributed by atoms with Crippen LogP contribution in [0.5, 0.6) is 0 Å². The van der Waals surface area contributed by atoms with Crippen LogP contribution in [0.1, 0.15) is 76.8 Å². The number of methoxy groups -OCH3 is 1. The van der Waals surface area contributed by atoms with Gasteiger partial charge in [-0.15, -0.1) is 0 Å². The Hall–Kier alpha value is -2.00. The van der Waals surface area contributed by atoms with Crippen LogP contribution in [0.25, 0.3) is 11.1 Å². The zero-order chi connectivity index (χ0) is 21.1. The normalized spacial score (nSPS) is 22.2. The molecular formula is C27H37NO2. The van der Waals surface area contributed by atoms with E-state index in [9.17, 15) is 0 Å². The second-order valence-electron chi connectivity index (χ2n) is 9.67. The van der Waals surface area contributed by atoms with Crippen molar-refractivity contribution in [2.24, 2.45) is 5.92 Å². The number of rotatable bonds is 6. The maximum atomic E-state index is 6.45. The van der Waals surface area contributed by atoms with E-state index >= 15 is 0 Å². The lowest BCUT2D eigenvalue weighted by Gasteiger charge is -2.35. The Kier molecular flexibility index (Phi) is 6.38. The van der Waals surface area contributed by atoms with Crippen LogP contribution >= 0.6 is 0 Å². The molecule has 1 saturated carbocycles. The largest absolute Gasteiger partial charge is 0.500 e. The zero-order valence-corrected chi connectivity index (χ0v) is 19.1. The van der Waals surface area contributed by atoms with E-state index in [0.29, 0.717) is 0 Å². The predicted octanol–water partition coefficient (Wildman–Crippen LogP) is 6.97. The van der Waals surface area contributed by atoms with Crippen molar-refractivity contribution in [3.8, 4) is 0 Å². The smallest absolute Gasteiger partial charge is 0.104 e. The summed E-state index contributed by atoms with van der Waals surface area (Å²) in [7, 11) is 1.78. The minimum absolute atomic E-state index is 0.0834. The van der Waals surface area contributed by atoms with Gasteiger partial charge in [-0.25, -0.2) is 0 Å². The summed E-state index contributed by atoms with van der Waals surface area (Å²) in [4.78, 5) is 0. The SMILES string of the molecule is COC1=C(c2ccc3c(c2)C(C(C)OCC2CCCCC2)=CC(C)(C)N3)C=CCC1. The van der Waals surface area contributed by atoms with E-state index < -0.39 is 0 Å². The van der Waals surface area contributed by atoms with E-state index in [0.717, 1.165) is 31.1 Å². The van der Waals surface area contributed by atoms with Gasteiger partial charge in [0.05, 0.1) is 25.4 Å².